The third-order valence-electron chi connectivity index (χ3n) is 3.02. The first kappa shape index (κ1) is 15.6. The molecule has 0 saturated carbocycles. The number of aryl methyl sites for hydroxylation is 1. The molecule has 0 aliphatic rings. The van der Waals surface area contributed by atoms with E-state index in [4.69, 9.17) is 20.5 Å². The van der Waals surface area contributed by atoms with Crippen LogP contribution in [0.3, 0.4) is 0 Å². The van der Waals surface area contributed by atoms with E-state index in [2.05, 4.69) is 9.88 Å². The lowest BCUT2D eigenvalue weighted by molar-refractivity contribution is 0.414. The molecule has 1 N–H and O–H groups in total. The van der Waals surface area contributed by atoms with Crippen LogP contribution >= 0.6 is 11.6 Å². The Kier molecular flexibility index (Phi) is 3.87. The number of furan rings is 1. The number of halogens is 2. The van der Waals surface area contributed by atoms with Crippen molar-refractivity contribution in [3.8, 4) is 11.5 Å². The van der Waals surface area contributed by atoms with Crippen LogP contribution in [-0.2, 0) is 10.0 Å². The average molecular weight is 357 g/mol. The number of hydrogen-bond acceptors (Lipinski definition) is 5. The van der Waals surface area contributed by atoms with Crippen molar-refractivity contribution in [1.29, 1.82) is 0 Å². The second-order valence-corrected chi connectivity index (χ2v) is 6.72. The summed E-state index contributed by atoms with van der Waals surface area (Å²) in [6.07, 6.45) is 1.41. The Labute approximate surface area is 135 Å². The van der Waals surface area contributed by atoms with Crippen molar-refractivity contribution in [3.05, 3.63) is 53.1 Å². The van der Waals surface area contributed by atoms with Crippen LogP contribution in [-0.4, -0.2) is 13.6 Å². The summed E-state index contributed by atoms with van der Waals surface area (Å²) in [5, 5.41) is 3.69. The maximum atomic E-state index is 13.8. The summed E-state index contributed by atoms with van der Waals surface area (Å²) in [6.45, 7) is 1.48. The molecule has 0 saturated heterocycles. The van der Waals surface area contributed by atoms with Gasteiger partial charge in [-0.25, -0.2) is 12.8 Å². The van der Waals surface area contributed by atoms with Crippen molar-refractivity contribution in [3.63, 3.8) is 0 Å². The molecule has 0 aliphatic heterocycles. The molecule has 1 aromatic carbocycles. The smallest absolute Gasteiger partial charge is 0.265 e. The number of benzene rings is 1. The highest BCUT2D eigenvalue weighted by molar-refractivity contribution is 7.92. The summed E-state index contributed by atoms with van der Waals surface area (Å²) >= 11 is 5.64. The molecular weight excluding hydrogens is 347 g/mol. The number of nitrogens with one attached hydrogen (secondary N) is 1. The van der Waals surface area contributed by atoms with Crippen molar-refractivity contribution >= 4 is 27.3 Å². The first-order valence-electron chi connectivity index (χ1n) is 6.36. The van der Waals surface area contributed by atoms with Gasteiger partial charge in [0.15, 0.2) is 5.76 Å². The molecule has 9 heteroatoms. The summed E-state index contributed by atoms with van der Waals surface area (Å²) in [5.74, 6) is -0.153. The van der Waals surface area contributed by atoms with E-state index in [0.29, 0.717) is 0 Å². The second kappa shape index (κ2) is 5.71. The average Bonchev–Trinajstić information content (AvgIpc) is 3.11. The fourth-order valence-electron chi connectivity index (χ4n) is 1.97. The number of sulfonamides is 1. The van der Waals surface area contributed by atoms with Gasteiger partial charge in [0.1, 0.15) is 16.5 Å². The molecular formula is C14H10ClFN2O4S. The SMILES string of the molecule is Cc1oc(-c2ccno2)cc1S(=O)(=O)Nc1ccc(Cl)cc1F. The molecule has 0 spiro atoms. The van der Waals surface area contributed by atoms with Gasteiger partial charge in [-0.3, -0.25) is 4.72 Å². The van der Waals surface area contributed by atoms with Crippen LogP contribution in [0.25, 0.3) is 11.5 Å². The zero-order valence-corrected chi connectivity index (χ0v) is 13.3. The zero-order chi connectivity index (χ0) is 16.6. The van der Waals surface area contributed by atoms with Gasteiger partial charge in [-0.15, -0.1) is 0 Å². The highest BCUT2D eigenvalue weighted by Gasteiger charge is 2.24. The van der Waals surface area contributed by atoms with E-state index in [1.807, 2.05) is 0 Å². The van der Waals surface area contributed by atoms with Gasteiger partial charge in [-0.05, 0) is 25.1 Å². The van der Waals surface area contributed by atoms with Crippen molar-refractivity contribution in [1.82, 2.24) is 5.16 Å². The van der Waals surface area contributed by atoms with Crippen molar-refractivity contribution in [2.24, 2.45) is 0 Å². The highest BCUT2D eigenvalue weighted by Crippen LogP contribution is 2.30. The van der Waals surface area contributed by atoms with Gasteiger partial charge in [-0.2, -0.15) is 0 Å². The molecule has 0 bridgehead atoms. The lowest BCUT2D eigenvalue weighted by Crippen LogP contribution is -2.14. The van der Waals surface area contributed by atoms with E-state index in [1.54, 1.807) is 0 Å². The van der Waals surface area contributed by atoms with E-state index in [-0.39, 0.29) is 32.9 Å². The minimum atomic E-state index is -4.04. The topological polar surface area (TPSA) is 85.3 Å². The van der Waals surface area contributed by atoms with Crippen molar-refractivity contribution in [2.75, 3.05) is 4.72 Å². The lowest BCUT2D eigenvalue weighted by Gasteiger charge is -2.08. The van der Waals surface area contributed by atoms with E-state index in [0.717, 1.165) is 6.07 Å². The van der Waals surface area contributed by atoms with Gasteiger partial charge in [0, 0.05) is 17.2 Å². The molecule has 120 valence electrons. The molecule has 0 radical (unpaired) electrons. The van der Waals surface area contributed by atoms with Gasteiger partial charge in [-0.1, -0.05) is 16.8 Å². The Hall–Kier alpha value is -2.32. The molecule has 2 heterocycles. The minimum Gasteiger partial charge on any atom is -0.456 e. The monoisotopic (exact) mass is 356 g/mol. The number of anilines is 1. The first-order chi connectivity index (χ1) is 10.9. The molecule has 0 fully saturated rings. The van der Waals surface area contributed by atoms with Crippen LogP contribution in [0.15, 0.2) is 50.4 Å². The molecule has 6 nitrogen and oxygen atoms in total. The number of aromatic nitrogens is 1. The minimum absolute atomic E-state index is 0.127. The standard InChI is InChI=1S/C14H10ClFN2O4S/c1-8-14(7-13(21-8)12-4-5-17-22-12)23(19,20)18-11-3-2-9(15)6-10(11)16/h2-7,18H,1H3. The van der Waals surface area contributed by atoms with Gasteiger partial charge in [0.05, 0.1) is 11.9 Å². The van der Waals surface area contributed by atoms with E-state index < -0.39 is 15.8 Å². The van der Waals surface area contributed by atoms with E-state index >= 15 is 0 Å². The van der Waals surface area contributed by atoms with Gasteiger partial charge >= 0.3 is 0 Å². The molecule has 0 amide bonds. The molecule has 0 atom stereocenters. The summed E-state index contributed by atoms with van der Waals surface area (Å²) in [6, 6.07) is 6.45. The Morgan fingerprint density at radius 2 is 2.00 bits per heavy atom. The number of hydrogen-bond donors (Lipinski definition) is 1. The molecule has 0 aliphatic carbocycles. The summed E-state index contributed by atoms with van der Waals surface area (Å²) in [7, 11) is -4.04. The molecule has 23 heavy (non-hydrogen) atoms. The maximum Gasteiger partial charge on any atom is 0.265 e. The van der Waals surface area contributed by atoms with Crippen molar-refractivity contribution in [2.45, 2.75) is 11.8 Å². The van der Waals surface area contributed by atoms with E-state index in [1.165, 1.54) is 37.4 Å². The molecule has 3 rings (SSSR count). The number of rotatable bonds is 4. The van der Waals surface area contributed by atoms with Crippen LogP contribution in [0.4, 0.5) is 10.1 Å². The normalized spacial score (nSPS) is 11.6. The third-order valence-corrected chi connectivity index (χ3v) is 4.73. The predicted molar refractivity (Wildman–Crippen MR) is 81.2 cm³/mol. The first-order valence-corrected chi connectivity index (χ1v) is 8.22. The van der Waals surface area contributed by atoms with Crippen LogP contribution in [0.5, 0.6) is 0 Å². The summed E-state index contributed by atoms with van der Waals surface area (Å²) in [5.41, 5.74) is -0.212. The van der Waals surface area contributed by atoms with Gasteiger partial charge < -0.3 is 8.94 Å². The van der Waals surface area contributed by atoms with Gasteiger partial charge in [0.25, 0.3) is 10.0 Å². The van der Waals surface area contributed by atoms with Crippen molar-refractivity contribution < 1.29 is 21.7 Å². The zero-order valence-electron chi connectivity index (χ0n) is 11.7. The third kappa shape index (κ3) is 3.08. The van der Waals surface area contributed by atoms with E-state index in [9.17, 15) is 12.8 Å². The Bertz CT molecular complexity index is 951. The largest absolute Gasteiger partial charge is 0.456 e. The number of nitrogens with zero attached hydrogens (tertiary/aromatic N) is 1. The maximum absolute atomic E-state index is 13.8. The Morgan fingerprint density at radius 3 is 2.65 bits per heavy atom. The summed E-state index contributed by atoms with van der Waals surface area (Å²) in [4.78, 5) is -0.127. The quantitative estimate of drug-likeness (QED) is 0.767. The highest BCUT2D eigenvalue weighted by atomic mass is 35.5. The molecule has 2 aromatic heterocycles. The Balaban J connectivity index is 1.97. The summed E-state index contributed by atoms with van der Waals surface area (Å²) < 4.78 is 51.1. The fourth-order valence-corrected chi connectivity index (χ4v) is 3.37. The molecule has 0 unspecified atom stereocenters. The van der Waals surface area contributed by atoms with Gasteiger partial charge in [0.2, 0.25) is 5.76 Å². The predicted octanol–water partition coefficient (Wildman–Crippen LogP) is 3.84. The van der Waals surface area contributed by atoms with Crippen LogP contribution in [0.2, 0.25) is 5.02 Å². The van der Waals surface area contributed by atoms with Crippen LogP contribution in [0, 0.1) is 12.7 Å². The lowest BCUT2D eigenvalue weighted by atomic mass is 10.3. The second-order valence-electron chi connectivity index (χ2n) is 4.64. The fraction of sp³-hybridized carbons (Fsp3) is 0.0714. The Morgan fingerprint density at radius 1 is 1.22 bits per heavy atom. The molecule has 3 aromatic rings. The van der Waals surface area contributed by atoms with Crippen LogP contribution < -0.4 is 4.72 Å². The van der Waals surface area contributed by atoms with Crippen LogP contribution in [0.1, 0.15) is 5.76 Å².